The molecule has 0 radical (unpaired) electrons. The maximum atomic E-state index is 14.5. The van der Waals surface area contributed by atoms with E-state index in [0.717, 1.165) is 40.8 Å². The molecule has 0 aliphatic carbocycles. The third-order valence-corrected chi connectivity index (χ3v) is 5.66. The summed E-state index contributed by atoms with van der Waals surface area (Å²) >= 11 is 0. The summed E-state index contributed by atoms with van der Waals surface area (Å²) < 4.78 is 20.0. The summed E-state index contributed by atoms with van der Waals surface area (Å²) in [6.45, 7) is 18.7. The van der Waals surface area contributed by atoms with Gasteiger partial charge >= 0.3 is 0 Å². The minimum atomic E-state index is -0.251. The zero-order chi connectivity index (χ0) is 27.4. The first-order valence-electron chi connectivity index (χ1n) is 12.4. The molecular formula is C35H37FO. The molecule has 3 aromatic carbocycles. The maximum Gasteiger partial charge on any atom is 0.131 e. The van der Waals surface area contributed by atoms with E-state index >= 15 is 0 Å². The number of benzene rings is 3. The topological polar surface area (TPSA) is 9.23 Å². The molecule has 0 amide bonds. The largest absolute Gasteiger partial charge is 0.494 e. The van der Waals surface area contributed by atoms with E-state index in [1.54, 1.807) is 25.1 Å². The van der Waals surface area contributed by atoms with Crippen molar-refractivity contribution in [3.8, 4) is 46.4 Å². The van der Waals surface area contributed by atoms with Gasteiger partial charge in [0.15, 0.2) is 0 Å². The lowest BCUT2D eigenvalue weighted by atomic mass is 9.85. The van der Waals surface area contributed by atoms with E-state index in [1.807, 2.05) is 54.6 Å². The second-order valence-electron chi connectivity index (χ2n) is 10.1. The molecule has 37 heavy (non-hydrogen) atoms. The van der Waals surface area contributed by atoms with E-state index in [4.69, 9.17) is 11.2 Å². The van der Waals surface area contributed by atoms with Crippen LogP contribution in [0.1, 0.15) is 52.2 Å². The summed E-state index contributed by atoms with van der Waals surface area (Å²) in [6.07, 6.45) is 8.16. The summed E-state index contributed by atoms with van der Waals surface area (Å²) in [5.74, 6) is 9.54. The molecule has 0 heterocycles. The van der Waals surface area contributed by atoms with Crippen molar-refractivity contribution in [3.63, 3.8) is 0 Å². The van der Waals surface area contributed by atoms with Gasteiger partial charge in [-0.15, -0.1) is 12.3 Å². The van der Waals surface area contributed by atoms with Crippen LogP contribution in [0.25, 0.3) is 22.3 Å². The van der Waals surface area contributed by atoms with E-state index in [2.05, 4.69) is 58.6 Å². The van der Waals surface area contributed by atoms with Crippen LogP contribution in [0.4, 0.5) is 4.39 Å². The van der Waals surface area contributed by atoms with Crippen molar-refractivity contribution in [1.29, 1.82) is 0 Å². The highest BCUT2D eigenvalue weighted by atomic mass is 19.1. The lowest BCUT2D eigenvalue weighted by Crippen LogP contribution is -2.21. The monoisotopic (exact) mass is 492 g/mol. The molecule has 0 spiro atoms. The highest BCUT2D eigenvalue weighted by molar-refractivity contribution is 5.71. The van der Waals surface area contributed by atoms with Crippen molar-refractivity contribution in [2.45, 2.75) is 41.0 Å². The molecule has 0 fully saturated rings. The molecule has 0 aliphatic rings. The molecule has 1 nitrogen and oxygen atoms in total. The minimum absolute atomic E-state index is 0.222. The lowest BCUT2D eigenvalue weighted by molar-refractivity contribution is 0.105. The number of terminal acetylenes is 1. The van der Waals surface area contributed by atoms with E-state index in [-0.39, 0.29) is 11.2 Å². The molecule has 0 bridgehead atoms. The van der Waals surface area contributed by atoms with Gasteiger partial charge in [-0.2, -0.15) is 0 Å². The molecule has 2 heteroatoms. The molecule has 0 atom stereocenters. The van der Waals surface area contributed by atoms with Crippen LogP contribution in [0, 0.1) is 41.3 Å². The second-order valence-corrected chi connectivity index (χ2v) is 10.1. The Morgan fingerprint density at radius 2 is 1.54 bits per heavy atom. The fraction of sp³-hybridized carbons (Fsp3) is 0.257. The van der Waals surface area contributed by atoms with E-state index in [0.29, 0.717) is 17.2 Å². The Hall–Kier alpha value is -4.01. The van der Waals surface area contributed by atoms with Crippen molar-refractivity contribution >= 4 is 0 Å². The first-order valence-corrected chi connectivity index (χ1v) is 12.4. The molecule has 0 aliphatic heterocycles. The third-order valence-electron chi connectivity index (χ3n) is 5.66. The van der Waals surface area contributed by atoms with Crippen LogP contribution in [-0.4, -0.2) is 6.61 Å². The number of hydrogen-bond acceptors (Lipinski definition) is 1. The Labute approximate surface area is 223 Å². The quantitative estimate of drug-likeness (QED) is 0.173. The van der Waals surface area contributed by atoms with Crippen LogP contribution in [0.5, 0.6) is 0 Å². The third kappa shape index (κ3) is 9.51. The summed E-state index contributed by atoms with van der Waals surface area (Å²) in [6, 6.07) is 20.4. The molecule has 3 aromatic rings. The molecule has 0 aromatic heterocycles. The van der Waals surface area contributed by atoms with Crippen LogP contribution >= 0.6 is 0 Å². The minimum Gasteiger partial charge on any atom is -0.494 e. The number of ether oxygens (including phenoxy) is 1. The van der Waals surface area contributed by atoms with Gasteiger partial charge in [0, 0.05) is 16.7 Å². The molecule has 0 N–H and O–H groups in total. The molecular weight excluding hydrogens is 455 g/mol. The van der Waals surface area contributed by atoms with Gasteiger partial charge < -0.3 is 4.74 Å². The van der Waals surface area contributed by atoms with Gasteiger partial charge in [-0.25, -0.2) is 4.39 Å². The highest BCUT2D eigenvalue weighted by Gasteiger charge is 2.20. The zero-order valence-corrected chi connectivity index (χ0v) is 22.7. The van der Waals surface area contributed by atoms with Crippen LogP contribution < -0.4 is 0 Å². The van der Waals surface area contributed by atoms with Gasteiger partial charge in [0.25, 0.3) is 0 Å². The van der Waals surface area contributed by atoms with Gasteiger partial charge in [0.05, 0.1) is 6.61 Å². The molecule has 0 saturated heterocycles. The molecule has 0 saturated carbocycles. The molecule has 3 rings (SSSR count). The van der Waals surface area contributed by atoms with E-state index < -0.39 is 0 Å². The Bertz CT molecular complexity index is 1290. The summed E-state index contributed by atoms with van der Waals surface area (Å²) in [4.78, 5) is 0. The van der Waals surface area contributed by atoms with Gasteiger partial charge in [-0.05, 0) is 77.8 Å². The van der Waals surface area contributed by atoms with Crippen LogP contribution in [0.3, 0.4) is 0 Å². The van der Waals surface area contributed by atoms with Gasteiger partial charge in [0.1, 0.15) is 11.6 Å². The highest BCUT2D eigenvalue weighted by Crippen LogP contribution is 2.29. The Morgan fingerprint density at radius 1 is 0.973 bits per heavy atom. The zero-order valence-electron chi connectivity index (χ0n) is 22.7. The Kier molecular flexibility index (Phi) is 11.0. The standard InChI is InChI=1S/C23H15F.C12H22O/c1-3-5-18-8-10-19(11-9-18)21-14-15-22(23(24)16-21)20-12-6-17(4-2)7-13-20;1-7-11(4)13-9-12(5,6)8-10(2)3/h2,6-16H,1H3;7,10H,1,4,8-9H2,2-3,5-6H3. The fourth-order valence-corrected chi connectivity index (χ4v) is 4.08. The van der Waals surface area contributed by atoms with Crippen molar-refractivity contribution in [2.24, 2.45) is 11.3 Å². The van der Waals surface area contributed by atoms with Crippen molar-refractivity contribution in [1.82, 2.24) is 0 Å². The van der Waals surface area contributed by atoms with E-state index in [9.17, 15) is 4.39 Å². The van der Waals surface area contributed by atoms with Crippen molar-refractivity contribution in [2.75, 3.05) is 6.61 Å². The molecule has 190 valence electrons. The van der Waals surface area contributed by atoms with Gasteiger partial charge in [0.2, 0.25) is 0 Å². The van der Waals surface area contributed by atoms with E-state index in [1.165, 1.54) is 0 Å². The number of rotatable bonds is 8. The Morgan fingerprint density at radius 3 is 2.05 bits per heavy atom. The van der Waals surface area contributed by atoms with Crippen molar-refractivity contribution < 1.29 is 9.13 Å². The summed E-state index contributed by atoms with van der Waals surface area (Å²) in [7, 11) is 0. The van der Waals surface area contributed by atoms with Gasteiger partial charge in [-0.3, -0.25) is 0 Å². The van der Waals surface area contributed by atoms with Crippen LogP contribution in [0.2, 0.25) is 0 Å². The Balaban J connectivity index is 0.000000317. The summed E-state index contributed by atoms with van der Waals surface area (Å²) in [5, 5.41) is 0. The second kappa shape index (κ2) is 13.9. The number of halogens is 1. The van der Waals surface area contributed by atoms with Crippen LogP contribution in [-0.2, 0) is 4.74 Å². The predicted molar refractivity (Wildman–Crippen MR) is 156 cm³/mol. The first-order chi connectivity index (χ1) is 17.6. The van der Waals surface area contributed by atoms with Crippen LogP contribution in [0.15, 0.2) is 91.7 Å². The average molecular weight is 493 g/mol. The number of allylic oxidation sites excluding steroid dienone is 1. The average Bonchev–Trinajstić information content (AvgIpc) is 2.87. The molecule has 0 unspecified atom stereocenters. The predicted octanol–water partition coefficient (Wildman–Crippen LogP) is 9.29. The summed E-state index contributed by atoms with van der Waals surface area (Å²) in [5.41, 5.74) is 5.14. The fourth-order valence-electron chi connectivity index (χ4n) is 4.08. The first kappa shape index (κ1) is 29.2. The number of hydrogen-bond donors (Lipinski definition) is 0. The van der Waals surface area contributed by atoms with Gasteiger partial charge in [-0.1, -0.05) is 89.1 Å². The SMILES string of the molecule is C#Cc1ccc(-c2ccc(-c3ccc(C#CC)cc3)cc2F)cc1.C=CC(=C)OCC(C)(C)CC(C)C. The normalized spacial score (nSPS) is 10.3. The van der Waals surface area contributed by atoms with Crippen molar-refractivity contribution in [3.05, 3.63) is 109 Å². The maximum absolute atomic E-state index is 14.5. The smallest absolute Gasteiger partial charge is 0.131 e. The lowest BCUT2D eigenvalue weighted by Gasteiger charge is -2.26.